The molecule has 0 aromatic rings. The number of methoxy groups -OCH3 is 1. The molecule has 0 rings (SSSR count). The summed E-state index contributed by atoms with van der Waals surface area (Å²) in [6.45, 7) is -0.256. The zero-order chi connectivity index (χ0) is 18.6. The van der Waals surface area contributed by atoms with Gasteiger partial charge < -0.3 is 15.2 Å². The summed E-state index contributed by atoms with van der Waals surface area (Å²) in [6, 6.07) is 0. The third-order valence-corrected chi connectivity index (χ3v) is 4.54. The normalized spacial score (nSPS) is 10.6. The van der Waals surface area contributed by atoms with Crippen molar-refractivity contribution >= 4 is 11.9 Å². The molecule has 0 atom stereocenters. The average Bonchev–Trinajstić information content (AvgIpc) is 2.61. The maximum absolute atomic E-state index is 11.1. The largest absolute Gasteiger partial charge is 0.469 e. The topological polar surface area (TPSA) is 75.6 Å². The van der Waals surface area contributed by atoms with Crippen molar-refractivity contribution in [3.63, 3.8) is 0 Å². The van der Waals surface area contributed by atoms with Gasteiger partial charge in [-0.15, -0.1) is 0 Å². The van der Waals surface area contributed by atoms with Crippen molar-refractivity contribution < 1.29 is 19.4 Å². The van der Waals surface area contributed by atoms with Gasteiger partial charge in [-0.25, -0.2) is 0 Å². The molecule has 0 aliphatic rings. The van der Waals surface area contributed by atoms with Gasteiger partial charge in [-0.2, -0.15) is 0 Å². The monoisotopic (exact) mass is 357 g/mol. The Labute approximate surface area is 153 Å². The Hall–Kier alpha value is -1.10. The SMILES string of the molecule is COC(=O)CCCCCCCCCCCCCCCCC(=O)NCO. The molecule has 5 heteroatoms. The molecule has 0 aromatic carbocycles. The highest BCUT2D eigenvalue weighted by atomic mass is 16.5. The predicted molar refractivity (Wildman–Crippen MR) is 101 cm³/mol. The van der Waals surface area contributed by atoms with Crippen molar-refractivity contribution in [2.24, 2.45) is 0 Å². The van der Waals surface area contributed by atoms with Crippen molar-refractivity contribution in [3.05, 3.63) is 0 Å². The smallest absolute Gasteiger partial charge is 0.305 e. The first kappa shape index (κ1) is 23.9. The van der Waals surface area contributed by atoms with Crippen molar-refractivity contribution in [2.45, 2.75) is 103 Å². The number of carbonyl (C=O) groups excluding carboxylic acids is 2. The number of aliphatic hydroxyl groups is 1. The van der Waals surface area contributed by atoms with Crippen molar-refractivity contribution in [2.75, 3.05) is 13.8 Å². The Morgan fingerprint density at radius 3 is 1.40 bits per heavy atom. The van der Waals surface area contributed by atoms with E-state index >= 15 is 0 Å². The van der Waals surface area contributed by atoms with Gasteiger partial charge in [-0.1, -0.05) is 77.0 Å². The van der Waals surface area contributed by atoms with Crippen LogP contribution < -0.4 is 5.32 Å². The van der Waals surface area contributed by atoms with E-state index in [1.165, 1.54) is 71.3 Å². The van der Waals surface area contributed by atoms with Gasteiger partial charge >= 0.3 is 5.97 Å². The minimum absolute atomic E-state index is 0.0500. The van der Waals surface area contributed by atoms with E-state index in [1.807, 2.05) is 0 Å². The van der Waals surface area contributed by atoms with Crippen LogP contribution in [-0.2, 0) is 14.3 Å². The third kappa shape index (κ3) is 19.1. The van der Waals surface area contributed by atoms with Crippen LogP contribution in [0.1, 0.15) is 103 Å². The lowest BCUT2D eigenvalue weighted by Gasteiger charge is -2.04. The van der Waals surface area contributed by atoms with Gasteiger partial charge in [0, 0.05) is 12.8 Å². The summed E-state index contributed by atoms with van der Waals surface area (Å²) in [6.07, 6.45) is 18.1. The van der Waals surface area contributed by atoms with Crippen LogP contribution >= 0.6 is 0 Å². The van der Waals surface area contributed by atoms with E-state index in [9.17, 15) is 9.59 Å². The van der Waals surface area contributed by atoms with Crippen LogP contribution in [0.5, 0.6) is 0 Å². The molecule has 5 nitrogen and oxygen atoms in total. The molecule has 0 aliphatic heterocycles. The Balaban J connectivity index is 3.07. The zero-order valence-corrected chi connectivity index (χ0v) is 16.2. The summed E-state index contributed by atoms with van der Waals surface area (Å²) < 4.78 is 4.62. The van der Waals surface area contributed by atoms with Gasteiger partial charge in [-0.3, -0.25) is 9.59 Å². The van der Waals surface area contributed by atoms with Crippen LogP contribution in [0, 0.1) is 0 Å². The number of nitrogens with one attached hydrogen (secondary N) is 1. The van der Waals surface area contributed by atoms with E-state index in [0.717, 1.165) is 25.7 Å². The van der Waals surface area contributed by atoms with E-state index in [0.29, 0.717) is 12.8 Å². The third-order valence-electron chi connectivity index (χ3n) is 4.54. The fourth-order valence-corrected chi connectivity index (χ4v) is 2.95. The number of esters is 1. The summed E-state index contributed by atoms with van der Waals surface area (Å²) in [5.41, 5.74) is 0. The molecule has 0 aromatic heterocycles. The number of aliphatic hydroxyl groups excluding tert-OH is 1. The Morgan fingerprint density at radius 2 is 1.04 bits per heavy atom. The predicted octanol–water partition coefficient (Wildman–Crippen LogP) is 4.47. The standard InChI is InChI=1S/C20H39NO4/c1-25-20(24)17-15-13-11-9-7-5-3-2-4-6-8-10-12-14-16-19(23)21-18-22/h22H,2-18H2,1H3,(H,21,23). The molecule has 1 amide bonds. The van der Waals surface area contributed by atoms with Crippen LogP contribution in [-0.4, -0.2) is 30.8 Å². The number of unbranched alkanes of at least 4 members (excludes halogenated alkanes) is 13. The lowest BCUT2D eigenvalue weighted by Crippen LogP contribution is -2.23. The molecular weight excluding hydrogens is 318 g/mol. The fraction of sp³-hybridized carbons (Fsp3) is 0.900. The van der Waals surface area contributed by atoms with Crippen LogP contribution in [0.3, 0.4) is 0 Å². The van der Waals surface area contributed by atoms with E-state index in [4.69, 9.17) is 5.11 Å². The summed E-state index contributed by atoms with van der Waals surface area (Å²) >= 11 is 0. The van der Waals surface area contributed by atoms with Gasteiger partial charge in [0.1, 0.15) is 6.73 Å². The molecule has 2 N–H and O–H groups in total. The number of carbonyl (C=O) groups is 2. The second-order valence-electron chi connectivity index (χ2n) is 6.78. The molecule has 0 fully saturated rings. The Kier molecular flexibility index (Phi) is 18.4. The van der Waals surface area contributed by atoms with Crippen molar-refractivity contribution in [3.8, 4) is 0 Å². The van der Waals surface area contributed by atoms with Crippen LogP contribution in [0.2, 0.25) is 0 Å². The van der Waals surface area contributed by atoms with Crippen molar-refractivity contribution in [1.82, 2.24) is 5.32 Å². The number of hydrogen-bond donors (Lipinski definition) is 2. The molecule has 0 saturated carbocycles. The van der Waals surface area contributed by atoms with E-state index in [1.54, 1.807) is 0 Å². The molecule has 0 bridgehead atoms. The number of rotatable bonds is 18. The summed E-state index contributed by atoms with van der Waals surface area (Å²) in [4.78, 5) is 22.1. The molecule has 0 spiro atoms. The van der Waals surface area contributed by atoms with E-state index in [-0.39, 0.29) is 18.6 Å². The molecular formula is C20H39NO4. The Morgan fingerprint density at radius 1 is 0.680 bits per heavy atom. The molecule has 0 aliphatic carbocycles. The second-order valence-corrected chi connectivity index (χ2v) is 6.78. The first-order valence-corrected chi connectivity index (χ1v) is 10.1. The first-order chi connectivity index (χ1) is 12.2. The van der Waals surface area contributed by atoms with Gasteiger partial charge in [0.05, 0.1) is 7.11 Å². The van der Waals surface area contributed by atoms with Crippen LogP contribution in [0.4, 0.5) is 0 Å². The molecule has 148 valence electrons. The minimum atomic E-state index is -0.256. The molecule has 0 radical (unpaired) electrons. The molecule has 0 heterocycles. The maximum Gasteiger partial charge on any atom is 0.305 e. The average molecular weight is 358 g/mol. The quantitative estimate of drug-likeness (QED) is 0.216. The summed E-state index contributed by atoms with van der Waals surface area (Å²) in [5, 5.41) is 10.9. The van der Waals surface area contributed by atoms with Gasteiger partial charge in [-0.05, 0) is 12.8 Å². The van der Waals surface area contributed by atoms with Gasteiger partial charge in [0.25, 0.3) is 0 Å². The zero-order valence-electron chi connectivity index (χ0n) is 16.2. The highest BCUT2D eigenvalue weighted by molar-refractivity contribution is 5.75. The van der Waals surface area contributed by atoms with E-state index < -0.39 is 0 Å². The van der Waals surface area contributed by atoms with Crippen molar-refractivity contribution in [1.29, 1.82) is 0 Å². The maximum atomic E-state index is 11.1. The number of amides is 1. The van der Waals surface area contributed by atoms with Crippen LogP contribution in [0.15, 0.2) is 0 Å². The van der Waals surface area contributed by atoms with Crippen LogP contribution in [0.25, 0.3) is 0 Å². The minimum Gasteiger partial charge on any atom is -0.469 e. The lowest BCUT2D eigenvalue weighted by atomic mass is 10.0. The highest BCUT2D eigenvalue weighted by Crippen LogP contribution is 2.13. The summed E-state index contributed by atoms with van der Waals surface area (Å²) in [7, 11) is 1.45. The number of hydrogen-bond acceptors (Lipinski definition) is 4. The highest BCUT2D eigenvalue weighted by Gasteiger charge is 2.00. The fourth-order valence-electron chi connectivity index (χ4n) is 2.95. The first-order valence-electron chi connectivity index (χ1n) is 10.1. The molecule has 25 heavy (non-hydrogen) atoms. The summed E-state index contributed by atoms with van der Waals surface area (Å²) in [5.74, 6) is -0.141. The molecule has 0 unspecified atom stereocenters. The second kappa shape index (κ2) is 19.2. The van der Waals surface area contributed by atoms with E-state index in [2.05, 4.69) is 10.1 Å². The number of ether oxygens (including phenoxy) is 1. The van der Waals surface area contributed by atoms with Gasteiger partial charge in [0.15, 0.2) is 0 Å². The Bertz CT molecular complexity index is 321. The molecule has 0 saturated heterocycles. The van der Waals surface area contributed by atoms with Gasteiger partial charge in [0.2, 0.25) is 5.91 Å². The lowest BCUT2D eigenvalue weighted by molar-refractivity contribution is -0.140.